The third kappa shape index (κ3) is 1.56. The third-order valence-electron chi connectivity index (χ3n) is 2.79. The second-order valence-corrected chi connectivity index (χ2v) is 4.23. The van der Waals surface area contributed by atoms with Crippen molar-refractivity contribution >= 4 is 16.9 Å². The molecule has 1 heterocycles. The van der Waals surface area contributed by atoms with Gasteiger partial charge in [0.25, 0.3) is 0 Å². The Morgan fingerprint density at radius 3 is 2.69 bits per heavy atom. The largest absolute Gasteiger partial charge is 0.478 e. The van der Waals surface area contributed by atoms with Crippen molar-refractivity contribution in [3.05, 3.63) is 29.5 Å². The van der Waals surface area contributed by atoms with Crippen molar-refractivity contribution in [2.24, 2.45) is 7.05 Å². The number of hydrogen-bond donors (Lipinski definition) is 1. The molecule has 1 N–H and O–H groups in total. The maximum Gasteiger partial charge on any atom is 0.336 e. The number of rotatable bonds is 2. The molecular weight excluding hydrogens is 204 g/mol. The second kappa shape index (κ2) is 3.63. The van der Waals surface area contributed by atoms with Crippen molar-refractivity contribution in [3.8, 4) is 0 Å². The van der Waals surface area contributed by atoms with Gasteiger partial charge in [-0.05, 0) is 23.6 Å². The zero-order valence-corrected chi connectivity index (χ0v) is 9.56. The number of carboxylic acid groups (broad SMARTS) is 1. The van der Waals surface area contributed by atoms with Crippen LogP contribution in [0.5, 0.6) is 0 Å². The molecule has 0 aliphatic heterocycles. The van der Waals surface area contributed by atoms with Gasteiger partial charge >= 0.3 is 5.97 Å². The van der Waals surface area contributed by atoms with Crippen LogP contribution in [0.1, 0.15) is 35.7 Å². The van der Waals surface area contributed by atoms with Gasteiger partial charge in [0, 0.05) is 12.4 Å². The zero-order valence-electron chi connectivity index (χ0n) is 9.56. The maximum absolute atomic E-state index is 11.2. The fraction of sp³-hybridized carbons (Fsp3) is 0.333. The summed E-state index contributed by atoms with van der Waals surface area (Å²) in [5.74, 6) is -0.599. The predicted molar refractivity (Wildman–Crippen MR) is 61.8 cm³/mol. The van der Waals surface area contributed by atoms with E-state index in [0.29, 0.717) is 16.9 Å². The molecule has 0 bridgehead atoms. The molecule has 0 aliphatic carbocycles. The van der Waals surface area contributed by atoms with E-state index in [1.54, 1.807) is 16.9 Å². The van der Waals surface area contributed by atoms with Crippen LogP contribution >= 0.6 is 0 Å². The van der Waals surface area contributed by atoms with Crippen LogP contribution in [0.3, 0.4) is 0 Å². The topological polar surface area (TPSA) is 55.1 Å². The fourth-order valence-corrected chi connectivity index (χ4v) is 1.78. The van der Waals surface area contributed by atoms with E-state index < -0.39 is 5.97 Å². The first kappa shape index (κ1) is 10.7. The van der Waals surface area contributed by atoms with E-state index in [9.17, 15) is 4.79 Å². The van der Waals surface area contributed by atoms with Gasteiger partial charge in [-0.15, -0.1) is 0 Å². The average molecular weight is 218 g/mol. The zero-order chi connectivity index (χ0) is 11.9. The highest BCUT2D eigenvalue weighted by Gasteiger charge is 2.14. The van der Waals surface area contributed by atoms with Gasteiger partial charge in [-0.3, -0.25) is 4.68 Å². The Hall–Kier alpha value is -1.84. The van der Waals surface area contributed by atoms with E-state index in [0.717, 1.165) is 11.1 Å². The monoisotopic (exact) mass is 218 g/mol. The molecular formula is C12H14N2O2. The summed E-state index contributed by atoms with van der Waals surface area (Å²) < 4.78 is 1.70. The lowest BCUT2D eigenvalue weighted by Gasteiger charge is -2.08. The number of benzene rings is 1. The van der Waals surface area contributed by atoms with Gasteiger partial charge in [-0.2, -0.15) is 5.10 Å². The highest BCUT2D eigenvalue weighted by molar-refractivity contribution is 6.02. The highest BCUT2D eigenvalue weighted by atomic mass is 16.4. The number of aromatic nitrogens is 2. The Balaban J connectivity index is 2.81. The van der Waals surface area contributed by atoms with Gasteiger partial charge in [0.1, 0.15) is 0 Å². The number of aryl methyl sites for hydroxylation is 1. The SMILES string of the molecule is CC(C)c1cc(C(=O)O)c2cnn(C)c2c1. The second-order valence-electron chi connectivity index (χ2n) is 4.23. The molecule has 16 heavy (non-hydrogen) atoms. The first-order chi connectivity index (χ1) is 7.50. The summed E-state index contributed by atoms with van der Waals surface area (Å²) in [6.07, 6.45) is 1.60. The molecule has 0 radical (unpaired) electrons. The number of fused-ring (bicyclic) bond motifs is 1. The summed E-state index contributed by atoms with van der Waals surface area (Å²) >= 11 is 0. The molecule has 0 aliphatic rings. The molecule has 0 atom stereocenters. The van der Waals surface area contributed by atoms with Crippen molar-refractivity contribution in [2.75, 3.05) is 0 Å². The normalized spacial score (nSPS) is 11.2. The predicted octanol–water partition coefficient (Wildman–Crippen LogP) is 2.39. The van der Waals surface area contributed by atoms with Gasteiger partial charge in [-0.1, -0.05) is 13.8 Å². The van der Waals surface area contributed by atoms with Crippen LogP contribution in [0.4, 0.5) is 0 Å². The van der Waals surface area contributed by atoms with E-state index >= 15 is 0 Å². The van der Waals surface area contributed by atoms with Crippen molar-refractivity contribution in [1.82, 2.24) is 9.78 Å². The van der Waals surface area contributed by atoms with Crippen LogP contribution in [0.25, 0.3) is 10.9 Å². The van der Waals surface area contributed by atoms with Crippen LogP contribution < -0.4 is 0 Å². The van der Waals surface area contributed by atoms with Crippen LogP contribution in [-0.4, -0.2) is 20.9 Å². The average Bonchev–Trinajstić information content (AvgIpc) is 2.59. The number of carbonyl (C=O) groups is 1. The lowest BCUT2D eigenvalue weighted by Crippen LogP contribution is -2.00. The molecule has 1 aromatic heterocycles. The van der Waals surface area contributed by atoms with Gasteiger partial charge in [0.15, 0.2) is 0 Å². The maximum atomic E-state index is 11.2. The summed E-state index contributed by atoms with van der Waals surface area (Å²) in [5, 5.41) is 13.9. The fourth-order valence-electron chi connectivity index (χ4n) is 1.78. The molecule has 2 rings (SSSR count). The Labute approximate surface area is 93.5 Å². The van der Waals surface area contributed by atoms with Gasteiger partial charge in [0.05, 0.1) is 17.3 Å². The minimum atomic E-state index is -0.902. The van der Waals surface area contributed by atoms with Gasteiger partial charge < -0.3 is 5.11 Å². The molecule has 0 saturated carbocycles. The first-order valence-electron chi connectivity index (χ1n) is 5.19. The minimum Gasteiger partial charge on any atom is -0.478 e. The molecule has 0 unspecified atom stereocenters. The molecule has 84 valence electrons. The van der Waals surface area contributed by atoms with E-state index in [1.807, 2.05) is 27.0 Å². The van der Waals surface area contributed by atoms with Crippen LogP contribution in [0.15, 0.2) is 18.3 Å². The van der Waals surface area contributed by atoms with E-state index in [-0.39, 0.29) is 0 Å². The number of nitrogens with zero attached hydrogens (tertiary/aromatic N) is 2. The van der Waals surface area contributed by atoms with E-state index in [4.69, 9.17) is 5.11 Å². The lowest BCUT2D eigenvalue weighted by molar-refractivity contribution is 0.0699. The molecule has 0 saturated heterocycles. The van der Waals surface area contributed by atoms with Crippen molar-refractivity contribution in [3.63, 3.8) is 0 Å². The highest BCUT2D eigenvalue weighted by Crippen LogP contribution is 2.25. The van der Waals surface area contributed by atoms with Crippen LogP contribution in [0, 0.1) is 0 Å². The first-order valence-corrected chi connectivity index (χ1v) is 5.19. The van der Waals surface area contributed by atoms with Crippen molar-refractivity contribution in [1.29, 1.82) is 0 Å². The molecule has 1 aromatic carbocycles. The molecule has 0 fully saturated rings. The Morgan fingerprint density at radius 2 is 2.12 bits per heavy atom. The summed E-state index contributed by atoms with van der Waals surface area (Å²) in [4.78, 5) is 11.2. The van der Waals surface area contributed by atoms with E-state index in [1.165, 1.54) is 0 Å². The van der Waals surface area contributed by atoms with Crippen molar-refractivity contribution < 1.29 is 9.90 Å². The molecule has 0 amide bonds. The summed E-state index contributed by atoms with van der Waals surface area (Å²) in [6, 6.07) is 3.73. The molecule has 0 spiro atoms. The van der Waals surface area contributed by atoms with Crippen LogP contribution in [0.2, 0.25) is 0 Å². The summed E-state index contributed by atoms with van der Waals surface area (Å²) in [6.45, 7) is 4.09. The van der Waals surface area contributed by atoms with Gasteiger partial charge in [-0.25, -0.2) is 4.79 Å². The number of carboxylic acids is 1. The third-order valence-corrected chi connectivity index (χ3v) is 2.79. The minimum absolute atomic E-state index is 0.303. The van der Waals surface area contributed by atoms with Gasteiger partial charge in [0.2, 0.25) is 0 Å². The molecule has 4 nitrogen and oxygen atoms in total. The standard InChI is InChI=1S/C12H14N2O2/c1-7(2)8-4-9(12(15)16)10-6-13-14(3)11(10)5-8/h4-7H,1-3H3,(H,15,16). The molecule has 4 heteroatoms. The van der Waals surface area contributed by atoms with Crippen molar-refractivity contribution in [2.45, 2.75) is 19.8 Å². The Bertz CT molecular complexity index is 555. The summed E-state index contributed by atoms with van der Waals surface area (Å²) in [7, 11) is 1.82. The summed E-state index contributed by atoms with van der Waals surface area (Å²) in [5.41, 5.74) is 2.21. The van der Waals surface area contributed by atoms with Crippen LogP contribution in [-0.2, 0) is 7.05 Å². The van der Waals surface area contributed by atoms with E-state index in [2.05, 4.69) is 5.10 Å². The molecule has 2 aromatic rings. The smallest absolute Gasteiger partial charge is 0.336 e. The number of hydrogen-bond acceptors (Lipinski definition) is 2. The lowest BCUT2D eigenvalue weighted by atomic mass is 9.98. The quantitative estimate of drug-likeness (QED) is 0.842. The number of aromatic carboxylic acids is 1. The Kier molecular flexibility index (Phi) is 2.42. The Morgan fingerprint density at radius 1 is 1.44 bits per heavy atom.